The van der Waals surface area contributed by atoms with Crippen molar-refractivity contribution in [2.45, 2.75) is 44.6 Å². The molecule has 4 rings (SSSR count). The van der Waals surface area contributed by atoms with Gasteiger partial charge in [-0.1, -0.05) is 18.4 Å². The number of nitrogens with one attached hydrogen (secondary N) is 1. The van der Waals surface area contributed by atoms with Crippen molar-refractivity contribution < 1.29 is 4.42 Å². The van der Waals surface area contributed by atoms with Gasteiger partial charge in [-0.2, -0.15) is 0 Å². The van der Waals surface area contributed by atoms with Crippen LogP contribution in [0.15, 0.2) is 29.1 Å². The monoisotopic (exact) mass is 298 g/mol. The normalized spacial score (nSPS) is 16.6. The number of hydrogen-bond acceptors (Lipinski definition) is 6. The molecule has 1 aliphatic rings. The summed E-state index contributed by atoms with van der Waals surface area (Å²) in [6, 6.07) is 2.38. The highest BCUT2D eigenvalue weighted by molar-refractivity contribution is 5.33. The van der Waals surface area contributed by atoms with Gasteiger partial charge in [-0.25, -0.2) is 9.97 Å². The van der Waals surface area contributed by atoms with Gasteiger partial charge in [0.2, 0.25) is 11.7 Å². The topological polar surface area (TPSA) is 81.1 Å². The largest absolute Gasteiger partial charge is 0.408 e. The van der Waals surface area contributed by atoms with E-state index in [0.717, 1.165) is 30.8 Å². The van der Waals surface area contributed by atoms with Crippen molar-refractivity contribution in [3.05, 3.63) is 36.2 Å². The van der Waals surface area contributed by atoms with Gasteiger partial charge in [0.1, 0.15) is 0 Å². The highest BCUT2D eigenvalue weighted by Gasteiger charge is 2.26. The molecule has 0 unspecified atom stereocenters. The van der Waals surface area contributed by atoms with Gasteiger partial charge in [0.25, 0.3) is 0 Å². The van der Waals surface area contributed by atoms with Crippen LogP contribution in [0.3, 0.4) is 0 Å². The highest BCUT2D eigenvalue weighted by Crippen LogP contribution is 2.36. The van der Waals surface area contributed by atoms with Gasteiger partial charge >= 0.3 is 6.01 Å². The summed E-state index contributed by atoms with van der Waals surface area (Å²) >= 11 is 0. The van der Waals surface area contributed by atoms with Crippen LogP contribution < -0.4 is 5.32 Å². The minimum absolute atomic E-state index is 0.0244. The summed E-state index contributed by atoms with van der Waals surface area (Å²) in [5.74, 6) is 1.89. The molecule has 0 aliphatic heterocycles. The highest BCUT2D eigenvalue weighted by atomic mass is 16.4. The van der Waals surface area contributed by atoms with Crippen LogP contribution in [0.1, 0.15) is 56.2 Å². The first-order valence-corrected chi connectivity index (χ1v) is 7.73. The van der Waals surface area contributed by atoms with Crippen LogP contribution in [0.5, 0.6) is 0 Å². The molecule has 7 nitrogen and oxygen atoms in total. The van der Waals surface area contributed by atoms with E-state index in [1.165, 1.54) is 6.42 Å². The quantitative estimate of drug-likeness (QED) is 0.780. The molecule has 3 aromatic heterocycles. The molecule has 1 aliphatic carbocycles. The molecule has 1 fully saturated rings. The first-order valence-electron chi connectivity index (χ1n) is 7.73. The first-order chi connectivity index (χ1) is 10.8. The number of hydrogen-bond donors (Lipinski definition) is 1. The van der Waals surface area contributed by atoms with Crippen LogP contribution in [0, 0.1) is 0 Å². The van der Waals surface area contributed by atoms with E-state index in [2.05, 4.69) is 32.4 Å². The van der Waals surface area contributed by atoms with Gasteiger partial charge in [-0.05, 0) is 25.3 Å². The third-order valence-corrected chi connectivity index (χ3v) is 4.21. The fourth-order valence-corrected chi connectivity index (χ4v) is 2.66. The molecule has 1 atom stereocenters. The van der Waals surface area contributed by atoms with Crippen LogP contribution in [-0.4, -0.2) is 24.6 Å². The van der Waals surface area contributed by atoms with Crippen molar-refractivity contribution in [2.24, 2.45) is 0 Å². The predicted molar refractivity (Wildman–Crippen MR) is 80.5 cm³/mol. The fraction of sp³-hybridized carbons (Fsp3) is 0.467. The first kappa shape index (κ1) is 13.2. The second-order valence-electron chi connectivity index (χ2n) is 5.67. The Bertz CT molecular complexity index is 742. The molecule has 0 aromatic carbocycles. The minimum Gasteiger partial charge on any atom is -0.408 e. The van der Waals surface area contributed by atoms with E-state index in [1.807, 2.05) is 22.9 Å². The second-order valence-corrected chi connectivity index (χ2v) is 5.67. The van der Waals surface area contributed by atoms with Crippen molar-refractivity contribution >= 4 is 11.8 Å². The Balaban J connectivity index is 1.54. The van der Waals surface area contributed by atoms with Gasteiger partial charge in [0.05, 0.1) is 11.7 Å². The average molecular weight is 298 g/mol. The van der Waals surface area contributed by atoms with E-state index in [-0.39, 0.29) is 6.04 Å². The summed E-state index contributed by atoms with van der Waals surface area (Å²) < 4.78 is 7.64. The lowest BCUT2D eigenvalue weighted by molar-refractivity contribution is 0.337. The molecular formula is C15H18N6O. The zero-order valence-electron chi connectivity index (χ0n) is 12.4. The van der Waals surface area contributed by atoms with Gasteiger partial charge < -0.3 is 9.73 Å². The summed E-state index contributed by atoms with van der Waals surface area (Å²) in [6.07, 6.45) is 10.1. The van der Waals surface area contributed by atoms with Crippen molar-refractivity contribution in [2.75, 3.05) is 5.32 Å². The Morgan fingerprint density at radius 2 is 2.32 bits per heavy atom. The van der Waals surface area contributed by atoms with Crippen LogP contribution in [-0.2, 0) is 0 Å². The SMILES string of the molecule is CC[C@H](Nc1nnc(C2CCC2)o1)c1cn2cccnc2n1. The number of rotatable bonds is 5. The molecular weight excluding hydrogens is 280 g/mol. The minimum atomic E-state index is 0.0244. The Kier molecular flexibility index (Phi) is 3.25. The number of aromatic nitrogens is 5. The molecule has 3 aromatic rings. The van der Waals surface area contributed by atoms with E-state index in [9.17, 15) is 0 Å². The van der Waals surface area contributed by atoms with Crippen LogP contribution in [0.2, 0.25) is 0 Å². The van der Waals surface area contributed by atoms with Crippen molar-refractivity contribution in [1.29, 1.82) is 0 Å². The van der Waals surface area contributed by atoms with Gasteiger partial charge in [-0.15, -0.1) is 5.10 Å². The molecule has 1 saturated carbocycles. The van der Waals surface area contributed by atoms with Gasteiger partial charge in [0, 0.05) is 24.5 Å². The zero-order chi connectivity index (χ0) is 14.9. The molecule has 1 N–H and O–H groups in total. The van der Waals surface area contributed by atoms with Crippen molar-refractivity contribution in [1.82, 2.24) is 24.6 Å². The van der Waals surface area contributed by atoms with Gasteiger partial charge in [-0.3, -0.25) is 4.40 Å². The molecule has 7 heteroatoms. The standard InChI is InChI=1S/C15H18N6O/c1-2-11(12-9-21-8-4-7-16-14(21)17-12)18-15-20-19-13(22-15)10-5-3-6-10/h4,7-11H,2-3,5-6H2,1H3,(H,18,20)/t11-/m0/s1. The fourth-order valence-electron chi connectivity index (χ4n) is 2.66. The van der Waals surface area contributed by atoms with Crippen molar-refractivity contribution in [3.63, 3.8) is 0 Å². The van der Waals surface area contributed by atoms with Crippen LogP contribution >= 0.6 is 0 Å². The maximum Gasteiger partial charge on any atom is 0.316 e. The molecule has 0 radical (unpaired) electrons. The molecule has 0 saturated heterocycles. The third-order valence-electron chi connectivity index (χ3n) is 4.21. The number of nitrogens with zero attached hydrogens (tertiary/aromatic N) is 5. The molecule has 22 heavy (non-hydrogen) atoms. The molecule has 0 amide bonds. The summed E-state index contributed by atoms with van der Waals surface area (Å²) in [5.41, 5.74) is 0.921. The van der Waals surface area contributed by atoms with E-state index in [4.69, 9.17) is 4.42 Å². The summed E-state index contributed by atoms with van der Waals surface area (Å²) in [4.78, 5) is 8.79. The van der Waals surface area contributed by atoms with Crippen LogP contribution in [0.25, 0.3) is 5.78 Å². The zero-order valence-corrected chi connectivity index (χ0v) is 12.4. The smallest absolute Gasteiger partial charge is 0.316 e. The predicted octanol–water partition coefficient (Wildman–Crippen LogP) is 2.94. The number of anilines is 1. The lowest BCUT2D eigenvalue weighted by Crippen LogP contribution is -2.10. The lowest BCUT2D eigenvalue weighted by Gasteiger charge is -2.20. The number of imidazole rings is 1. The Hall–Kier alpha value is -2.44. The lowest BCUT2D eigenvalue weighted by atomic mass is 9.85. The summed E-state index contributed by atoms with van der Waals surface area (Å²) in [5, 5.41) is 11.5. The van der Waals surface area contributed by atoms with E-state index in [0.29, 0.717) is 17.7 Å². The Morgan fingerprint density at radius 1 is 1.41 bits per heavy atom. The molecule has 0 bridgehead atoms. The second kappa shape index (κ2) is 5.40. The Labute approximate surface area is 127 Å². The molecule has 0 spiro atoms. The summed E-state index contributed by atoms with van der Waals surface area (Å²) in [7, 11) is 0. The third kappa shape index (κ3) is 2.32. The van der Waals surface area contributed by atoms with Gasteiger partial charge in [0.15, 0.2) is 0 Å². The maximum atomic E-state index is 5.73. The number of fused-ring (bicyclic) bond motifs is 1. The van der Waals surface area contributed by atoms with Crippen LogP contribution in [0.4, 0.5) is 6.01 Å². The van der Waals surface area contributed by atoms with E-state index >= 15 is 0 Å². The molecule has 114 valence electrons. The average Bonchev–Trinajstić information content (AvgIpc) is 3.09. The van der Waals surface area contributed by atoms with Crippen molar-refractivity contribution in [3.8, 4) is 0 Å². The van der Waals surface area contributed by atoms with E-state index in [1.54, 1.807) is 6.20 Å². The summed E-state index contributed by atoms with van der Waals surface area (Å²) in [6.45, 7) is 2.10. The maximum absolute atomic E-state index is 5.73. The molecule has 3 heterocycles. The Morgan fingerprint density at radius 3 is 3.05 bits per heavy atom. The van der Waals surface area contributed by atoms with E-state index < -0.39 is 0 Å².